The molecule has 0 radical (unpaired) electrons. The summed E-state index contributed by atoms with van der Waals surface area (Å²) in [5.41, 5.74) is 1.91. The number of nitrogens with one attached hydrogen (secondary N) is 1. The monoisotopic (exact) mass is 293 g/mol. The second-order valence-electron chi connectivity index (χ2n) is 4.66. The van der Waals surface area contributed by atoms with E-state index in [1.54, 1.807) is 24.3 Å². The molecule has 21 heavy (non-hydrogen) atoms. The summed E-state index contributed by atoms with van der Waals surface area (Å²) >= 11 is 0. The highest BCUT2D eigenvalue weighted by Crippen LogP contribution is 2.17. The second-order valence-corrected chi connectivity index (χ2v) is 4.66. The SMILES string of the molecule is COc1ccc(CNCc2ccc(F)c(CO)c2)cc1F. The molecule has 5 heteroatoms. The molecule has 0 aliphatic carbocycles. The molecule has 0 aromatic heterocycles. The number of methoxy groups -OCH3 is 1. The van der Waals surface area contributed by atoms with Gasteiger partial charge in [-0.05, 0) is 35.4 Å². The molecular formula is C16H17F2NO2. The molecule has 2 rings (SSSR count). The van der Waals surface area contributed by atoms with Crippen LogP contribution in [0.4, 0.5) is 8.78 Å². The first-order chi connectivity index (χ1) is 10.1. The molecule has 0 aliphatic rings. The summed E-state index contributed by atoms with van der Waals surface area (Å²) in [6, 6.07) is 9.35. The number of hydrogen-bond donors (Lipinski definition) is 2. The van der Waals surface area contributed by atoms with Crippen LogP contribution in [-0.2, 0) is 19.7 Å². The molecule has 0 heterocycles. The lowest BCUT2D eigenvalue weighted by molar-refractivity contribution is 0.275. The molecular weight excluding hydrogens is 276 g/mol. The number of benzene rings is 2. The zero-order chi connectivity index (χ0) is 15.2. The third kappa shape index (κ3) is 4.00. The van der Waals surface area contributed by atoms with E-state index in [-0.39, 0.29) is 17.9 Å². The lowest BCUT2D eigenvalue weighted by Crippen LogP contribution is -2.13. The van der Waals surface area contributed by atoms with E-state index in [1.807, 2.05) is 0 Å². The maximum absolute atomic E-state index is 13.5. The van der Waals surface area contributed by atoms with Crippen LogP contribution >= 0.6 is 0 Å². The molecule has 0 amide bonds. The molecule has 0 unspecified atom stereocenters. The maximum Gasteiger partial charge on any atom is 0.165 e. The molecule has 0 atom stereocenters. The first kappa shape index (κ1) is 15.4. The van der Waals surface area contributed by atoms with Gasteiger partial charge in [0.05, 0.1) is 13.7 Å². The molecule has 0 saturated heterocycles. The molecule has 0 bridgehead atoms. The van der Waals surface area contributed by atoms with Gasteiger partial charge < -0.3 is 15.2 Å². The summed E-state index contributed by atoms with van der Waals surface area (Å²) in [6.07, 6.45) is 0. The minimum absolute atomic E-state index is 0.213. The first-order valence-electron chi connectivity index (χ1n) is 6.55. The fraction of sp³-hybridized carbons (Fsp3) is 0.250. The summed E-state index contributed by atoms with van der Waals surface area (Å²) in [4.78, 5) is 0. The van der Waals surface area contributed by atoms with Crippen molar-refractivity contribution in [3.05, 3.63) is 64.7 Å². The predicted molar refractivity (Wildman–Crippen MR) is 75.8 cm³/mol. The standard InChI is InChI=1S/C16H17F2NO2/c1-21-16-5-3-12(7-15(16)18)9-19-8-11-2-4-14(17)13(6-11)10-20/h2-7,19-20H,8-10H2,1H3. The van der Waals surface area contributed by atoms with E-state index in [9.17, 15) is 8.78 Å². The van der Waals surface area contributed by atoms with Crippen LogP contribution in [0.15, 0.2) is 36.4 Å². The topological polar surface area (TPSA) is 41.5 Å². The highest BCUT2D eigenvalue weighted by molar-refractivity contribution is 5.29. The van der Waals surface area contributed by atoms with Crippen LogP contribution in [0, 0.1) is 11.6 Å². The van der Waals surface area contributed by atoms with Crippen molar-refractivity contribution in [2.45, 2.75) is 19.7 Å². The molecule has 0 saturated carbocycles. The fourth-order valence-electron chi connectivity index (χ4n) is 2.03. The average Bonchev–Trinajstić information content (AvgIpc) is 2.49. The quantitative estimate of drug-likeness (QED) is 0.860. The summed E-state index contributed by atoms with van der Waals surface area (Å²) in [7, 11) is 1.42. The summed E-state index contributed by atoms with van der Waals surface area (Å²) in [5.74, 6) is -0.607. The number of aliphatic hydroxyl groups excluding tert-OH is 1. The van der Waals surface area contributed by atoms with Crippen molar-refractivity contribution < 1.29 is 18.6 Å². The lowest BCUT2D eigenvalue weighted by atomic mass is 10.1. The Morgan fingerprint density at radius 1 is 1.00 bits per heavy atom. The van der Waals surface area contributed by atoms with Gasteiger partial charge in [-0.1, -0.05) is 12.1 Å². The Hall–Kier alpha value is -1.98. The number of aliphatic hydroxyl groups is 1. The summed E-state index contributed by atoms with van der Waals surface area (Å²) in [6.45, 7) is 0.650. The van der Waals surface area contributed by atoms with Crippen molar-refractivity contribution in [2.75, 3.05) is 7.11 Å². The van der Waals surface area contributed by atoms with Gasteiger partial charge in [-0.3, -0.25) is 0 Å². The highest BCUT2D eigenvalue weighted by Gasteiger charge is 2.04. The molecule has 112 valence electrons. The third-order valence-electron chi connectivity index (χ3n) is 3.15. The van der Waals surface area contributed by atoms with Crippen LogP contribution < -0.4 is 10.1 Å². The van der Waals surface area contributed by atoms with Gasteiger partial charge in [0.15, 0.2) is 11.6 Å². The van der Waals surface area contributed by atoms with Gasteiger partial charge in [-0.15, -0.1) is 0 Å². The normalized spacial score (nSPS) is 10.7. The highest BCUT2D eigenvalue weighted by atomic mass is 19.1. The lowest BCUT2D eigenvalue weighted by Gasteiger charge is -2.08. The van der Waals surface area contributed by atoms with E-state index < -0.39 is 11.6 Å². The van der Waals surface area contributed by atoms with Crippen LogP contribution in [0.5, 0.6) is 5.75 Å². The number of halogens is 2. The van der Waals surface area contributed by atoms with E-state index in [1.165, 1.54) is 19.2 Å². The van der Waals surface area contributed by atoms with Gasteiger partial charge in [0.25, 0.3) is 0 Å². The third-order valence-corrected chi connectivity index (χ3v) is 3.15. The Kier molecular flexibility index (Phi) is 5.25. The van der Waals surface area contributed by atoms with Crippen LogP contribution in [0.25, 0.3) is 0 Å². The van der Waals surface area contributed by atoms with Gasteiger partial charge in [0, 0.05) is 18.7 Å². The Morgan fingerprint density at radius 3 is 2.29 bits per heavy atom. The van der Waals surface area contributed by atoms with E-state index in [0.717, 1.165) is 11.1 Å². The average molecular weight is 293 g/mol. The zero-order valence-corrected chi connectivity index (χ0v) is 11.7. The molecule has 2 aromatic rings. The molecule has 0 fully saturated rings. The largest absolute Gasteiger partial charge is 0.494 e. The van der Waals surface area contributed by atoms with Gasteiger partial charge in [-0.25, -0.2) is 8.78 Å². The minimum Gasteiger partial charge on any atom is -0.494 e. The van der Waals surface area contributed by atoms with Crippen molar-refractivity contribution in [2.24, 2.45) is 0 Å². The molecule has 0 aliphatic heterocycles. The Morgan fingerprint density at radius 2 is 1.67 bits per heavy atom. The summed E-state index contributed by atoms with van der Waals surface area (Å²) < 4.78 is 31.6. The maximum atomic E-state index is 13.5. The number of ether oxygens (including phenoxy) is 1. The predicted octanol–water partition coefficient (Wildman–Crippen LogP) is 2.76. The van der Waals surface area contributed by atoms with Crippen LogP contribution in [-0.4, -0.2) is 12.2 Å². The smallest absolute Gasteiger partial charge is 0.165 e. The Balaban J connectivity index is 1.93. The first-order valence-corrected chi connectivity index (χ1v) is 6.55. The minimum atomic E-state index is -0.418. The molecule has 2 aromatic carbocycles. The van der Waals surface area contributed by atoms with E-state index in [4.69, 9.17) is 9.84 Å². The Labute approximate surface area is 122 Å². The fourth-order valence-corrected chi connectivity index (χ4v) is 2.03. The van der Waals surface area contributed by atoms with Crippen LogP contribution in [0.1, 0.15) is 16.7 Å². The molecule has 3 nitrogen and oxygen atoms in total. The molecule has 2 N–H and O–H groups in total. The number of rotatable bonds is 6. The van der Waals surface area contributed by atoms with E-state index in [2.05, 4.69) is 5.32 Å². The van der Waals surface area contributed by atoms with Crippen molar-refractivity contribution in [3.63, 3.8) is 0 Å². The van der Waals surface area contributed by atoms with Gasteiger partial charge >= 0.3 is 0 Å². The Bertz CT molecular complexity index is 617. The van der Waals surface area contributed by atoms with E-state index in [0.29, 0.717) is 13.1 Å². The van der Waals surface area contributed by atoms with Crippen molar-refractivity contribution in [1.82, 2.24) is 5.32 Å². The number of hydrogen-bond acceptors (Lipinski definition) is 3. The van der Waals surface area contributed by atoms with Gasteiger partial charge in [-0.2, -0.15) is 0 Å². The van der Waals surface area contributed by atoms with Crippen LogP contribution in [0.2, 0.25) is 0 Å². The van der Waals surface area contributed by atoms with Crippen LogP contribution in [0.3, 0.4) is 0 Å². The summed E-state index contributed by atoms with van der Waals surface area (Å²) in [5, 5.41) is 12.2. The van der Waals surface area contributed by atoms with Gasteiger partial charge in [0.2, 0.25) is 0 Å². The van der Waals surface area contributed by atoms with Crippen molar-refractivity contribution >= 4 is 0 Å². The van der Waals surface area contributed by atoms with Crippen molar-refractivity contribution in [3.8, 4) is 5.75 Å². The molecule has 0 spiro atoms. The van der Waals surface area contributed by atoms with Gasteiger partial charge in [0.1, 0.15) is 5.82 Å². The van der Waals surface area contributed by atoms with Crippen molar-refractivity contribution in [1.29, 1.82) is 0 Å². The van der Waals surface area contributed by atoms with E-state index >= 15 is 0 Å². The zero-order valence-electron chi connectivity index (χ0n) is 11.7. The second kappa shape index (κ2) is 7.15.